The van der Waals surface area contributed by atoms with Crippen LogP contribution in [0, 0.1) is 5.82 Å². The van der Waals surface area contributed by atoms with Crippen LogP contribution in [0.3, 0.4) is 0 Å². The average molecular weight is 331 g/mol. The van der Waals surface area contributed by atoms with Crippen LogP contribution < -0.4 is 0 Å². The van der Waals surface area contributed by atoms with Gasteiger partial charge in [0.1, 0.15) is 5.82 Å². The van der Waals surface area contributed by atoms with Crippen molar-refractivity contribution < 1.29 is 4.39 Å². The highest BCUT2D eigenvalue weighted by Crippen LogP contribution is 2.28. The second kappa shape index (κ2) is 6.89. The normalized spacial score (nSPS) is 10.8. The van der Waals surface area contributed by atoms with Gasteiger partial charge in [-0.1, -0.05) is 36.0 Å². The monoisotopic (exact) mass is 331 g/mol. The van der Waals surface area contributed by atoms with Gasteiger partial charge in [0, 0.05) is 12.3 Å². The van der Waals surface area contributed by atoms with Gasteiger partial charge in [0.05, 0.1) is 4.88 Å². The maximum absolute atomic E-state index is 13.2. The fourth-order valence-electron chi connectivity index (χ4n) is 2.05. The molecule has 0 aliphatic carbocycles. The first kappa shape index (κ1) is 15.0. The highest BCUT2D eigenvalue weighted by molar-refractivity contribution is 7.98. The first-order valence-corrected chi connectivity index (χ1v) is 8.59. The molecule has 0 saturated carbocycles. The van der Waals surface area contributed by atoms with Gasteiger partial charge in [0.25, 0.3) is 0 Å². The summed E-state index contributed by atoms with van der Waals surface area (Å²) in [7, 11) is 0. The zero-order chi connectivity index (χ0) is 15.4. The molecule has 0 saturated heterocycles. The van der Waals surface area contributed by atoms with Crippen LogP contribution in [0.2, 0.25) is 0 Å². The maximum Gasteiger partial charge on any atom is 0.192 e. The van der Waals surface area contributed by atoms with Crippen LogP contribution in [0.25, 0.3) is 10.7 Å². The van der Waals surface area contributed by atoms with E-state index in [2.05, 4.69) is 16.8 Å². The molecule has 0 spiro atoms. The molecule has 0 bridgehead atoms. The SMILES string of the molecule is C=CCn1c(SCc2cccc(F)c2)nnc1-c1cccs1. The summed E-state index contributed by atoms with van der Waals surface area (Å²) in [5, 5.41) is 11.4. The molecule has 2 heterocycles. The van der Waals surface area contributed by atoms with Crippen molar-refractivity contribution >= 4 is 23.1 Å². The average Bonchev–Trinajstić information content (AvgIpc) is 3.15. The summed E-state index contributed by atoms with van der Waals surface area (Å²) in [6, 6.07) is 10.6. The molecule has 0 radical (unpaired) electrons. The van der Waals surface area contributed by atoms with Gasteiger partial charge in [0.15, 0.2) is 11.0 Å². The largest absolute Gasteiger partial charge is 0.297 e. The highest BCUT2D eigenvalue weighted by Gasteiger charge is 2.14. The van der Waals surface area contributed by atoms with E-state index in [1.807, 2.05) is 34.2 Å². The number of hydrogen-bond donors (Lipinski definition) is 0. The fraction of sp³-hybridized carbons (Fsp3) is 0.125. The van der Waals surface area contributed by atoms with E-state index in [1.54, 1.807) is 35.2 Å². The van der Waals surface area contributed by atoms with Crippen molar-refractivity contribution in [2.75, 3.05) is 0 Å². The van der Waals surface area contributed by atoms with Gasteiger partial charge in [-0.05, 0) is 29.1 Å². The van der Waals surface area contributed by atoms with E-state index < -0.39 is 0 Å². The molecule has 0 fully saturated rings. The Hall–Kier alpha value is -1.92. The van der Waals surface area contributed by atoms with Crippen molar-refractivity contribution in [1.82, 2.24) is 14.8 Å². The van der Waals surface area contributed by atoms with Gasteiger partial charge in [-0.3, -0.25) is 4.57 Å². The third-order valence-electron chi connectivity index (χ3n) is 3.03. The number of halogens is 1. The van der Waals surface area contributed by atoms with Crippen LogP contribution in [0.15, 0.2) is 59.6 Å². The minimum atomic E-state index is -0.218. The van der Waals surface area contributed by atoms with Crippen molar-refractivity contribution in [2.45, 2.75) is 17.5 Å². The van der Waals surface area contributed by atoms with E-state index in [0.29, 0.717) is 12.3 Å². The van der Waals surface area contributed by atoms with Gasteiger partial charge in [-0.15, -0.1) is 28.1 Å². The molecule has 0 unspecified atom stereocenters. The maximum atomic E-state index is 13.2. The lowest BCUT2D eigenvalue weighted by Crippen LogP contribution is -1.99. The number of allylic oxidation sites excluding steroid dienone is 1. The van der Waals surface area contributed by atoms with E-state index in [9.17, 15) is 4.39 Å². The quantitative estimate of drug-likeness (QED) is 0.487. The zero-order valence-corrected chi connectivity index (χ0v) is 13.4. The predicted molar refractivity (Wildman–Crippen MR) is 89.5 cm³/mol. The molecule has 0 aliphatic rings. The standard InChI is InChI=1S/C16H14FN3S2/c1-2-8-20-15(14-7-4-9-21-14)18-19-16(20)22-11-12-5-3-6-13(17)10-12/h2-7,9-10H,1,8,11H2. The van der Waals surface area contributed by atoms with Crippen LogP contribution in [0.1, 0.15) is 5.56 Å². The highest BCUT2D eigenvalue weighted by atomic mass is 32.2. The van der Waals surface area contributed by atoms with Crippen molar-refractivity contribution in [3.8, 4) is 10.7 Å². The predicted octanol–water partition coefficient (Wildman–Crippen LogP) is 4.62. The van der Waals surface area contributed by atoms with E-state index in [1.165, 1.54) is 6.07 Å². The zero-order valence-electron chi connectivity index (χ0n) is 11.8. The number of benzene rings is 1. The molecule has 0 amide bonds. The molecular formula is C16H14FN3S2. The van der Waals surface area contributed by atoms with Crippen molar-refractivity contribution in [3.63, 3.8) is 0 Å². The minimum Gasteiger partial charge on any atom is -0.297 e. The lowest BCUT2D eigenvalue weighted by Gasteiger charge is -2.06. The van der Waals surface area contributed by atoms with Crippen LogP contribution in [-0.4, -0.2) is 14.8 Å². The molecule has 112 valence electrons. The Labute approximate surface area is 136 Å². The van der Waals surface area contributed by atoms with Crippen LogP contribution >= 0.6 is 23.1 Å². The van der Waals surface area contributed by atoms with Gasteiger partial charge < -0.3 is 0 Å². The summed E-state index contributed by atoms with van der Waals surface area (Å²) >= 11 is 3.18. The summed E-state index contributed by atoms with van der Waals surface area (Å²) in [5.74, 6) is 1.28. The molecule has 3 nitrogen and oxygen atoms in total. The van der Waals surface area contributed by atoms with Crippen LogP contribution in [0.5, 0.6) is 0 Å². The molecule has 22 heavy (non-hydrogen) atoms. The summed E-state index contributed by atoms with van der Waals surface area (Å²) < 4.78 is 15.3. The Kier molecular flexibility index (Phi) is 4.70. The topological polar surface area (TPSA) is 30.7 Å². The Bertz CT molecular complexity index is 766. The molecule has 6 heteroatoms. The lowest BCUT2D eigenvalue weighted by molar-refractivity contribution is 0.626. The summed E-state index contributed by atoms with van der Waals surface area (Å²) in [5.41, 5.74) is 0.927. The molecular weight excluding hydrogens is 317 g/mol. The number of hydrogen-bond acceptors (Lipinski definition) is 4. The first-order chi connectivity index (χ1) is 10.8. The van der Waals surface area contributed by atoms with E-state index >= 15 is 0 Å². The third kappa shape index (κ3) is 3.28. The number of aromatic nitrogens is 3. The molecule has 0 atom stereocenters. The van der Waals surface area contributed by atoms with Crippen LogP contribution in [0.4, 0.5) is 4.39 Å². The molecule has 0 aliphatic heterocycles. The van der Waals surface area contributed by atoms with Crippen molar-refractivity contribution in [2.24, 2.45) is 0 Å². The van der Waals surface area contributed by atoms with Crippen molar-refractivity contribution in [3.05, 3.63) is 65.8 Å². The van der Waals surface area contributed by atoms with Gasteiger partial charge in [-0.25, -0.2) is 4.39 Å². The summed E-state index contributed by atoms with van der Waals surface area (Å²) in [6.45, 7) is 4.44. The third-order valence-corrected chi connectivity index (χ3v) is 4.93. The Morgan fingerprint density at radius 1 is 1.27 bits per heavy atom. The number of rotatable bonds is 6. The Morgan fingerprint density at radius 2 is 2.18 bits per heavy atom. The van der Waals surface area contributed by atoms with E-state index in [4.69, 9.17) is 0 Å². The Morgan fingerprint density at radius 3 is 2.91 bits per heavy atom. The molecule has 0 N–H and O–H groups in total. The smallest absolute Gasteiger partial charge is 0.192 e. The first-order valence-electron chi connectivity index (χ1n) is 6.73. The number of nitrogens with zero attached hydrogens (tertiary/aromatic N) is 3. The van der Waals surface area contributed by atoms with Gasteiger partial charge in [0.2, 0.25) is 0 Å². The molecule has 2 aromatic heterocycles. The van der Waals surface area contributed by atoms with Gasteiger partial charge >= 0.3 is 0 Å². The second-order valence-corrected chi connectivity index (χ2v) is 6.49. The van der Waals surface area contributed by atoms with Crippen LogP contribution in [-0.2, 0) is 12.3 Å². The summed E-state index contributed by atoms with van der Waals surface area (Å²) in [6.07, 6.45) is 1.83. The second-order valence-electron chi connectivity index (χ2n) is 4.60. The van der Waals surface area contributed by atoms with Crippen molar-refractivity contribution in [1.29, 1.82) is 0 Å². The summed E-state index contributed by atoms with van der Waals surface area (Å²) in [4.78, 5) is 1.08. The van der Waals surface area contributed by atoms with E-state index in [0.717, 1.165) is 21.4 Å². The molecule has 3 aromatic rings. The Balaban J connectivity index is 1.83. The number of thioether (sulfide) groups is 1. The minimum absolute atomic E-state index is 0.218. The molecule has 3 rings (SSSR count). The fourth-order valence-corrected chi connectivity index (χ4v) is 3.66. The van der Waals surface area contributed by atoms with Gasteiger partial charge in [-0.2, -0.15) is 0 Å². The number of thiophene rings is 1. The lowest BCUT2D eigenvalue weighted by atomic mass is 10.2. The van der Waals surface area contributed by atoms with E-state index in [-0.39, 0.29) is 5.82 Å². The molecule has 1 aromatic carbocycles.